The minimum atomic E-state index is -0.407. The van der Waals surface area contributed by atoms with Gasteiger partial charge in [0.15, 0.2) is 0 Å². The number of rotatable bonds is 4. The first kappa shape index (κ1) is 15.4. The molecule has 0 aliphatic rings. The van der Waals surface area contributed by atoms with E-state index in [-0.39, 0.29) is 5.97 Å². The van der Waals surface area contributed by atoms with E-state index < -0.39 is 6.10 Å². The zero-order valence-corrected chi connectivity index (χ0v) is 10.6. The van der Waals surface area contributed by atoms with E-state index in [4.69, 9.17) is 9.84 Å². The molecule has 17 heavy (non-hydrogen) atoms. The molecule has 4 nitrogen and oxygen atoms in total. The predicted octanol–water partition coefficient (Wildman–Crippen LogP) is 2.02. The van der Waals surface area contributed by atoms with Crippen molar-refractivity contribution >= 4 is 5.97 Å². The molecule has 0 saturated heterocycles. The van der Waals surface area contributed by atoms with E-state index in [9.17, 15) is 4.79 Å². The lowest BCUT2D eigenvalue weighted by Gasteiger charge is -2.06. The monoisotopic (exact) mass is 240 g/mol. The molecule has 0 spiro atoms. The van der Waals surface area contributed by atoms with Gasteiger partial charge >= 0.3 is 5.97 Å². The number of esters is 1. The summed E-state index contributed by atoms with van der Waals surface area (Å²) in [6, 6.07) is 9.45. The number of aliphatic hydroxyl groups excluding tert-OH is 1. The highest BCUT2D eigenvalue weighted by molar-refractivity contribution is 5.65. The lowest BCUT2D eigenvalue weighted by molar-refractivity contribution is -0.140. The lowest BCUT2D eigenvalue weighted by Crippen LogP contribution is -2.12. The van der Waals surface area contributed by atoms with E-state index in [2.05, 4.69) is 4.74 Å². The van der Waals surface area contributed by atoms with Crippen LogP contribution in [0.2, 0.25) is 0 Å². The number of carbonyl (C=O) groups excluding carboxylic acids is 1. The van der Waals surface area contributed by atoms with E-state index in [1.54, 1.807) is 13.8 Å². The van der Waals surface area contributed by atoms with Gasteiger partial charge in [0.25, 0.3) is 0 Å². The summed E-state index contributed by atoms with van der Waals surface area (Å²) in [5.74, 6) is 0.589. The molecule has 0 aliphatic heterocycles. The molecule has 1 aromatic rings. The lowest BCUT2D eigenvalue weighted by atomic mass is 10.3. The van der Waals surface area contributed by atoms with E-state index >= 15 is 0 Å². The van der Waals surface area contributed by atoms with E-state index in [1.165, 1.54) is 6.92 Å². The maximum absolute atomic E-state index is 9.82. The molecule has 0 saturated carbocycles. The Bertz CT molecular complexity index is 296. The zero-order chi connectivity index (χ0) is 13.1. The Balaban J connectivity index is 0.000000366. The number of benzene rings is 1. The highest BCUT2D eigenvalue weighted by atomic mass is 16.5. The van der Waals surface area contributed by atoms with Crippen molar-refractivity contribution in [3.63, 3.8) is 0 Å². The molecule has 96 valence electrons. The van der Waals surface area contributed by atoms with Gasteiger partial charge in [-0.25, -0.2) is 0 Å². The normalized spacial score (nSPS) is 10.8. The maximum Gasteiger partial charge on any atom is 0.302 e. The maximum atomic E-state index is 9.82. The standard InChI is InChI=1S/C9H12O2.C4H8O2/c1-8(10)7-11-9-5-3-2-4-6-9;1-3-6-4(2)5/h2-6,8,10H,7H2,1H3;3H2,1-2H3. The number of aliphatic hydroxyl groups is 1. The van der Waals surface area contributed by atoms with E-state index in [0.29, 0.717) is 13.2 Å². The first-order valence-electron chi connectivity index (χ1n) is 5.55. The zero-order valence-electron chi connectivity index (χ0n) is 10.6. The second-order valence-corrected chi connectivity index (χ2v) is 3.40. The third kappa shape index (κ3) is 10.7. The van der Waals surface area contributed by atoms with Gasteiger partial charge < -0.3 is 14.6 Å². The summed E-state index contributed by atoms with van der Waals surface area (Å²) < 4.78 is 9.62. The molecule has 0 fully saturated rings. The molecular weight excluding hydrogens is 220 g/mol. The first-order valence-corrected chi connectivity index (χ1v) is 5.55. The summed E-state index contributed by atoms with van der Waals surface area (Å²) in [5.41, 5.74) is 0. The third-order valence-corrected chi connectivity index (χ3v) is 1.58. The molecule has 0 aromatic heterocycles. The third-order valence-electron chi connectivity index (χ3n) is 1.58. The molecule has 0 bridgehead atoms. The van der Waals surface area contributed by atoms with Crippen molar-refractivity contribution in [3.05, 3.63) is 30.3 Å². The fraction of sp³-hybridized carbons (Fsp3) is 0.462. The molecule has 1 N–H and O–H groups in total. The van der Waals surface area contributed by atoms with Gasteiger partial charge in [-0.15, -0.1) is 0 Å². The molecule has 1 rings (SSSR count). The van der Waals surface area contributed by atoms with Gasteiger partial charge in [0.1, 0.15) is 12.4 Å². The van der Waals surface area contributed by atoms with Crippen molar-refractivity contribution < 1.29 is 19.4 Å². The predicted molar refractivity (Wildman–Crippen MR) is 65.9 cm³/mol. The Hall–Kier alpha value is -1.55. The Kier molecular flexibility index (Phi) is 8.78. The molecule has 0 heterocycles. The fourth-order valence-electron chi connectivity index (χ4n) is 0.937. The summed E-state index contributed by atoms with van der Waals surface area (Å²) in [5, 5.41) is 8.89. The minimum Gasteiger partial charge on any atom is -0.491 e. The van der Waals surface area contributed by atoms with Crippen molar-refractivity contribution in [2.45, 2.75) is 26.9 Å². The average molecular weight is 240 g/mol. The van der Waals surface area contributed by atoms with Crippen LogP contribution in [0.1, 0.15) is 20.8 Å². The topological polar surface area (TPSA) is 55.8 Å². The Morgan fingerprint density at radius 1 is 1.35 bits per heavy atom. The van der Waals surface area contributed by atoms with Crippen LogP contribution in [-0.2, 0) is 9.53 Å². The highest BCUT2D eigenvalue weighted by Gasteiger charge is 1.95. The number of ether oxygens (including phenoxy) is 2. The van der Waals surface area contributed by atoms with Crippen molar-refractivity contribution in [1.82, 2.24) is 0 Å². The Morgan fingerprint density at radius 2 is 1.94 bits per heavy atom. The summed E-state index contributed by atoms with van der Waals surface area (Å²) in [6.07, 6.45) is -0.407. The van der Waals surface area contributed by atoms with Crippen LogP contribution in [0.4, 0.5) is 0 Å². The van der Waals surface area contributed by atoms with Gasteiger partial charge in [-0.1, -0.05) is 18.2 Å². The smallest absolute Gasteiger partial charge is 0.302 e. The summed E-state index contributed by atoms with van der Waals surface area (Å²) >= 11 is 0. The largest absolute Gasteiger partial charge is 0.491 e. The quantitative estimate of drug-likeness (QED) is 0.818. The van der Waals surface area contributed by atoms with Crippen molar-refractivity contribution in [2.75, 3.05) is 13.2 Å². The number of hydrogen-bond acceptors (Lipinski definition) is 4. The summed E-state index contributed by atoms with van der Waals surface area (Å²) in [7, 11) is 0. The molecule has 1 aromatic carbocycles. The van der Waals surface area contributed by atoms with Crippen LogP contribution < -0.4 is 4.74 Å². The van der Waals surface area contributed by atoms with Crippen LogP contribution in [0, 0.1) is 0 Å². The van der Waals surface area contributed by atoms with Gasteiger partial charge in [0.2, 0.25) is 0 Å². The van der Waals surface area contributed by atoms with Crippen molar-refractivity contribution in [1.29, 1.82) is 0 Å². The van der Waals surface area contributed by atoms with Gasteiger partial charge in [-0.05, 0) is 26.0 Å². The van der Waals surface area contributed by atoms with Crippen LogP contribution in [0.25, 0.3) is 0 Å². The molecule has 1 unspecified atom stereocenters. The summed E-state index contributed by atoms with van der Waals surface area (Å²) in [6.45, 7) is 5.70. The SMILES string of the molecule is CC(O)COc1ccccc1.CCOC(C)=O. The van der Waals surface area contributed by atoms with E-state index in [1.807, 2.05) is 30.3 Å². The van der Waals surface area contributed by atoms with Crippen LogP contribution in [0.5, 0.6) is 5.75 Å². The Labute approximate surface area is 102 Å². The number of hydrogen-bond donors (Lipinski definition) is 1. The Morgan fingerprint density at radius 3 is 2.29 bits per heavy atom. The van der Waals surface area contributed by atoms with Crippen molar-refractivity contribution in [2.24, 2.45) is 0 Å². The second kappa shape index (κ2) is 9.66. The van der Waals surface area contributed by atoms with Crippen LogP contribution >= 0.6 is 0 Å². The van der Waals surface area contributed by atoms with Gasteiger partial charge in [-0.2, -0.15) is 0 Å². The fourth-order valence-corrected chi connectivity index (χ4v) is 0.937. The van der Waals surface area contributed by atoms with Crippen LogP contribution in [0.3, 0.4) is 0 Å². The van der Waals surface area contributed by atoms with Gasteiger partial charge in [0, 0.05) is 6.92 Å². The van der Waals surface area contributed by atoms with Crippen molar-refractivity contribution in [3.8, 4) is 5.75 Å². The highest BCUT2D eigenvalue weighted by Crippen LogP contribution is 2.07. The minimum absolute atomic E-state index is 0.211. The molecular formula is C13H20O4. The van der Waals surface area contributed by atoms with E-state index in [0.717, 1.165) is 5.75 Å². The number of carbonyl (C=O) groups is 1. The molecule has 0 amide bonds. The first-order chi connectivity index (χ1) is 8.06. The molecule has 0 aliphatic carbocycles. The number of para-hydroxylation sites is 1. The van der Waals surface area contributed by atoms with Gasteiger partial charge in [-0.3, -0.25) is 4.79 Å². The van der Waals surface area contributed by atoms with Crippen LogP contribution in [0.15, 0.2) is 30.3 Å². The summed E-state index contributed by atoms with van der Waals surface area (Å²) in [4.78, 5) is 9.82. The molecule has 0 radical (unpaired) electrons. The van der Waals surface area contributed by atoms with Gasteiger partial charge in [0.05, 0.1) is 12.7 Å². The second-order valence-electron chi connectivity index (χ2n) is 3.40. The molecule has 1 atom stereocenters. The van der Waals surface area contributed by atoms with Crippen LogP contribution in [-0.4, -0.2) is 30.4 Å². The average Bonchev–Trinajstić information content (AvgIpc) is 2.28. The molecule has 4 heteroatoms.